The molecule has 0 aromatic carbocycles. The lowest BCUT2D eigenvalue weighted by Gasteiger charge is -2.39. The number of rotatable bonds is 2. The summed E-state index contributed by atoms with van der Waals surface area (Å²) in [5.74, 6) is -2.22. The molecule has 2 rings (SSSR count). The molecule has 1 N–H and O–H groups in total. The summed E-state index contributed by atoms with van der Waals surface area (Å²) in [5.41, 5.74) is -0.0295. The van der Waals surface area contributed by atoms with E-state index in [1.807, 2.05) is 0 Å². The van der Waals surface area contributed by atoms with Crippen molar-refractivity contribution in [1.82, 2.24) is 4.90 Å². The number of amides is 1. The second-order valence-corrected chi connectivity index (χ2v) is 3.70. The van der Waals surface area contributed by atoms with Crippen molar-refractivity contribution in [2.75, 3.05) is 0 Å². The fourth-order valence-electron chi connectivity index (χ4n) is 1.36. The topological polar surface area (TPSA) is 74.7 Å². The van der Waals surface area contributed by atoms with Crippen LogP contribution in [0.25, 0.3) is 0 Å². The summed E-state index contributed by atoms with van der Waals surface area (Å²) in [4.78, 5) is 33.3. The number of fused-ring (bicyclic) bond motifs is 1. The van der Waals surface area contributed by atoms with Crippen molar-refractivity contribution in [1.29, 1.82) is 0 Å². The number of β-lactam (4-membered cyclic amide) rings is 1. The van der Waals surface area contributed by atoms with Crippen molar-refractivity contribution < 1.29 is 19.5 Å². The predicted octanol–water partition coefficient (Wildman–Crippen LogP) is -0.357. The number of thioether (sulfide) groups is 1. The minimum Gasteiger partial charge on any atom is -0.477 e. The highest BCUT2D eigenvalue weighted by Gasteiger charge is 2.53. The first-order valence-corrected chi connectivity index (χ1v) is 4.48. The molecular weight excluding hydrogens is 194 g/mol. The first-order chi connectivity index (χ1) is 6.16. The molecule has 68 valence electrons. The van der Waals surface area contributed by atoms with Crippen molar-refractivity contribution >= 4 is 29.9 Å². The average molecular weight is 199 g/mol. The molecule has 0 spiro atoms. The van der Waals surface area contributed by atoms with Crippen LogP contribution >= 0.6 is 11.8 Å². The van der Waals surface area contributed by atoms with Crippen molar-refractivity contribution in [2.24, 2.45) is 5.92 Å². The standard InChI is InChI=1S/C7H5NO4S/c9-1-3-5(10)8-4(7(11)12)2-13-6(3)8/h1-3,6H,(H,11,12)/t3?,6-/m0/s1. The minimum atomic E-state index is -1.13. The molecule has 2 heterocycles. The maximum atomic E-state index is 11.2. The Morgan fingerprint density at radius 3 is 2.92 bits per heavy atom. The second kappa shape index (κ2) is 2.59. The Hall–Kier alpha value is -1.30. The molecule has 0 aliphatic carbocycles. The van der Waals surface area contributed by atoms with E-state index in [1.165, 1.54) is 17.2 Å². The number of nitrogens with zero attached hydrogens (tertiary/aromatic N) is 1. The number of hydrogen-bond acceptors (Lipinski definition) is 4. The molecule has 0 aromatic heterocycles. The summed E-state index contributed by atoms with van der Waals surface area (Å²) in [6, 6.07) is 0. The Balaban J connectivity index is 2.22. The van der Waals surface area contributed by atoms with Gasteiger partial charge < -0.3 is 9.90 Å². The maximum Gasteiger partial charge on any atom is 0.353 e. The first-order valence-electron chi connectivity index (χ1n) is 3.54. The molecule has 5 nitrogen and oxygen atoms in total. The fourth-order valence-corrected chi connectivity index (χ4v) is 2.53. The number of aldehydes is 1. The zero-order chi connectivity index (χ0) is 9.59. The molecule has 2 aliphatic rings. The Morgan fingerprint density at radius 1 is 1.69 bits per heavy atom. The van der Waals surface area contributed by atoms with Gasteiger partial charge in [-0.15, -0.1) is 11.8 Å². The van der Waals surface area contributed by atoms with Crippen LogP contribution in [0.2, 0.25) is 0 Å². The van der Waals surface area contributed by atoms with Gasteiger partial charge in [0.2, 0.25) is 5.91 Å². The summed E-state index contributed by atoms with van der Waals surface area (Å²) in [5, 5.41) is 9.72. The molecule has 1 unspecified atom stereocenters. The van der Waals surface area contributed by atoms with Crippen LogP contribution in [-0.4, -0.2) is 33.5 Å². The number of carboxylic acid groups (broad SMARTS) is 1. The predicted molar refractivity (Wildman–Crippen MR) is 43.5 cm³/mol. The number of hydrogen-bond donors (Lipinski definition) is 1. The van der Waals surface area contributed by atoms with E-state index in [9.17, 15) is 14.4 Å². The summed E-state index contributed by atoms with van der Waals surface area (Å²) < 4.78 is 0. The van der Waals surface area contributed by atoms with Crippen LogP contribution in [0.5, 0.6) is 0 Å². The number of carbonyl (C=O) groups is 3. The third-order valence-electron chi connectivity index (χ3n) is 2.03. The van der Waals surface area contributed by atoms with Crippen LogP contribution in [0.1, 0.15) is 0 Å². The zero-order valence-electron chi connectivity index (χ0n) is 6.34. The van der Waals surface area contributed by atoms with Crippen LogP contribution in [0.15, 0.2) is 11.1 Å². The second-order valence-electron chi connectivity index (χ2n) is 2.70. The number of carboxylic acids is 1. The van der Waals surface area contributed by atoms with E-state index in [0.717, 1.165) is 4.90 Å². The Morgan fingerprint density at radius 2 is 2.38 bits per heavy atom. The SMILES string of the molecule is O=CC1C(=O)N2C(C(=O)O)=CS[C@@H]12. The quantitative estimate of drug-likeness (QED) is 0.373. The Kier molecular flexibility index (Phi) is 1.66. The molecule has 13 heavy (non-hydrogen) atoms. The van der Waals surface area contributed by atoms with Gasteiger partial charge in [-0.3, -0.25) is 9.69 Å². The van der Waals surface area contributed by atoms with Gasteiger partial charge in [0.1, 0.15) is 23.3 Å². The lowest BCUT2D eigenvalue weighted by atomic mass is 9.99. The molecule has 6 heteroatoms. The van der Waals surface area contributed by atoms with Crippen LogP contribution < -0.4 is 0 Å². The largest absolute Gasteiger partial charge is 0.477 e. The van der Waals surface area contributed by atoms with Crippen LogP contribution in [-0.2, 0) is 14.4 Å². The molecule has 0 aromatic rings. The summed E-state index contributed by atoms with van der Waals surface area (Å²) in [6.45, 7) is 0. The normalized spacial score (nSPS) is 30.6. The molecule has 1 saturated heterocycles. The van der Waals surface area contributed by atoms with E-state index in [0.29, 0.717) is 6.29 Å². The van der Waals surface area contributed by atoms with Gasteiger partial charge in [0.25, 0.3) is 0 Å². The molecule has 1 fully saturated rings. The molecule has 0 saturated carbocycles. The van der Waals surface area contributed by atoms with Crippen molar-refractivity contribution in [3.05, 3.63) is 11.1 Å². The third-order valence-corrected chi connectivity index (χ3v) is 3.17. The van der Waals surface area contributed by atoms with Crippen molar-refractivity contribution in [2.45, 2.75) is 5.37 Å². The van der Waals surface area contributed by atoms with Crippen LogP contribution in [0.3, 0.4) is 0 Å². The highest BCUT2D eigenvalue weighted by molar-refractivity contribution is 8.03. The van der Waals surface area contributed by atoms with Gasteiger partial charge in [0.05, 0.1) is 0 Å². The Labute approximate surface area is 77.4 Å². The van der Waals surface area contributed by atoms with Gasteiger partial charge in [0.15, 0.2) is 0 Å². The van der Waals surface area contributed by atoms with E-state index in [-0.39, 0.29) is 11.1 Å². The lowest BCUT2D eigenvalue weighted by molar-refractivity contribution is -0.153. The summed E-state index contributed by atoms with van der Waals surface area (Å²) in [7, 11) is 0. The van der Waals surface area contributed by atoms with E-state index in [4.69, 9.17) is 5.11 Å². The Bertz CT molecular complexity index is 337. The van der Waals surface area contributed by atoms with Crippen LogP contribution in [0, 0.1) is 5.92 Å². The molecule has 0 radical (unpaired) electrons. The fraction of sp³-hybridized carbons (Fsp3) is 0.286. The maximum absolute atomic E-state index is 11.2. The van der Waals surface area contributed by atoms with E-state index in [1.54, 1.807) is 0 Å². The number of aliphatic carboxylic acids is 1. The smallest absolute Gasteiger partial charge is 0.353 e. The van der Waals surface area contributed by atoms with Gasteiger partial charge in [-0.05, 0) is 0 Å². The molecule has 2 aliphatic heterocycles. The average Bonchev–Trinajstić information content (AvgIpc) is 2.45. The van der Waals surface area contributed by atoms with Gasteiger partial charge in [-0.25, -0.2) is 4.79 Å². The van der Waals surface area contributed by atoms with Gasteiger partial charge in [-0.1, -0.05) is 0 Å². The summed E-state index contributed by atoms with van der Waals surface area (Å²) in [6.07, 6.45) is 0.565. The van der Waals surface area contributed by atoms with E-state index >= 15 is 0 Å². The monoisotopic (exact) mass is 199 g/mol. The molecule has 2 atom stereocenters. The lowest BCUT2D eigenvalue weighted by Crippen LogP contribution is -2.57. The van der Waals surface area contributed by atoms with Crippen LogP contribution in [0.4, 0.5) is 0 Å². The third kappa shape index (κ3) is 0.918. The minimum absolute atomic E-state index is 0.0295. The number of carbonyl (C=O) groups excluding carboxylic acids is 2. The van der Waals surface area contributed by atoms with Gasteiger partial charge in [0, 0.05) is 5.41 Å². The highest BCUT2D eigenvalue weighted by Crippen LogP contribution is 2.43. The zero-order valence-corrected chi connectivity index (χ0v) is 7.15. The van der Waals surface area contributed by atoms with Gasteiger partial charge in [-0.2, -0.15) is 0 Å². The molecular formula is C7H5NO4S. The highest BCUT2D eigenvalue weighted by atomic mass is 32.2. The summed E-state index contributed by atoms with van der Waals surface area (Å²) >= 11 is 1.20. The van der Waals surface area contributed by atoms with Crippen molar-refractivity contribution in [3.8, 4) is 0 Å². The van der Waals surface area contributed by atoms with E-state index in [2.05, 4.69) is 0 Å². The van der Waals surface area contributed by atoms with Gasteiger partial charge >= 0.3 is 5.97 Å². The molecule has 0 bridgehead atoms. The first kappa shape index (κ1) is 8.31. The molecule has 1 amide bonds. The van der Waals surface area contributed by atoms with E-state index < -0.39 is 17.8 Å². The van der Waals surface area contributed by atoms with Crippen molar-refractivity contribution in [3.63, 3.8) is 0 Å².